The summed E-state index contributed by atoms with van der Waals surface area (Å²) >= 11 is 0. The van der Waals surface area contributed by atoms with Crippen LogP contribution in [-0.2, 0) is 11.3 Å². The van der Waals surface area contributed by atoms with Crippen LogP contribution in [0.4, 0.5) is 10.5 Å². The molecule has 1 aliphatic carbocycles. The maximum absolute atomic E-state index is 11.8. The number of amides is 1. The van der Waals surface area contributed by atoms with E-state index < -0.39 is 6.09 Å². The summed E-state index contributed by atoms with van der Waals surface area (Å²) in [5.74, 6) is 0.727. The number of carbonyl (C=O) groups excluding carboxylic acids is 1. The minimum Gasteiger partial charge on any atom is -0.443 e. The third-order valence-electron chi connectivity index (χ3n) is 4.11. The molecule has 0 aliphatic heterocycles. The van der Waals surface area contributed by atoms with Gasteiger partial charge in [0.05, 0.1) is 5.69 Å². The van der Waals surface area contributed by atoms with Crippen molar-refractivity contribution in [3.63, 3.8) is 0 Å². The predicted molar refractivity (Wildman–Crippen MR) is 91.3 cm³/mol. The minimum absolute atomic E-state index is 0.257. The molecule has 1 amide bonds. The lowest BCUT2D eigenvalue weighted by Crippen LogP contribution is -2.30. The van der Waals surface area contributed by atoms with E-state index in [4.69, 9.17) is 4.74 Å². The van der Waals surface area contributed by atoms with Crippen molar-refractivity contribution in [1.29, 1.82) is 0 Å². The summed E-state index contributed by atoms with van der Waals surface area (Å²) in [6.07, 6.45) is 2.09. The number of benzene rings is 2. The van der Waals surface area contributed by atoms with Gasteiger partial charge in [-0.2, -0.15) is 0 Å². The van der Waals surface area contributed by atoms with Crippen LogP contribution in [0.1, 0.15) is 41.0 Å². The Hall–Kier alpha value is -2.49. The second kappa shape index (κ2) is 6.73. The van der Waals surface area contributed by atoms with Crippen LogP contribution < -0.4 is 10.9 Å². The molecule has 2 aromatic carbocycles. The highest BCUT2D eigenvalue weighted by Gasteiger charge is 2.24. The van der Waals surface area contributed by atoms with Gasteiger partial charge in [-0.25, -0.2) is 10.2 Å². The number of carbonyl (C=O) groups is 1. The molecule has 0 bridgehead atoms. The van der Waals surface area contributed by atoms with Crippen LogP contribution in [0.15, 0.2) is 42.5 Å². The lowest BCUT2D eigenvalue weighted by Gasteiger charge is -2.15. The van der Waals surface area contributed by atoms with Crippen LogP contribution >= 0.6 is 0 Å². The topological polar surface area (TPSA) is 50.4 Å². The molecule has 1 aliphatic rings. The van der Waals surface area contributed by atoms with Crippen molar-refractivity contribution in [2.45, 2.75) is 39.2 Å². The van der Waals surface area contributed by atoms with Crippen LogP contribution in [0.3, 0.4) is 0 Å². The van der Waals surface area contributed by atoms with Gasteiger partial charge in [-0.15, -0.1) is 0 Å². The molecule has 0 spiro atoms. The summed E-state index contributed by atoms with van der Waals surface area (Å²) in [5, 5.41) is 0. The second-order valence-corrected chi connectivity index (χ2v) is 6.12. The number of hydrogen-bond acceptors (Lipinski definition) is 3. The van der Waals surface area contributed by atoms with Gasteiger partial charge in [-0.3, -0.25) is 5.43 Å². The maximum Gasteiger partial charge on any atom is 0.426 e. The molecule has 0 saturated heterocycles. The van der Waals surface area contributed by atoms with Crippen LogP contribution in [0, 0.1) is 13.8 Å². The molecule has 2 aromatic rings. The van der Waals surface area contributed by atoms with Crippen molar-refractivity contribution >= 4 is 11.8 Å². The molecule has 4 heteroatoms. The van der Waals surface area contributed by atoms with Crippen molar-refractivity contribution in [2.75, 3.05) is 5.43 Å². The van der Waals surface area contributed by atoms with E-state index in [9.17, 15) is 4.79 Å². The highest BCUT2D eigenvalue weighted by Crippen LogP contribution is 2.41. The fourth-order valence-electron chi connectivity index (χ4n) is 2.72. The van der Waals surface area contributed by atoms with E-state index in [-0.39, 0.29) is 6.61 Å². The number of nitrogens with one attached hydrogen (secondary N) is 2. The Morgan fingerprint density at radius 1 is 1.13 bits per heavy atom. The summed E-state index contributed by atoms with van der Waals surface area (Å²) in [5.41, 5.74) is 11.2. The summed E-state index contributed by atoms with van der Waals surface area (Å²) in [7, 11) is 0. The number of rotatable bonds is 5. The molecule has 0 radical (unpaired) electrons. The lowest BCUT2D eigenvalue weighted by atomic mass is 10.0. The van der Waals surface area contributed by atoms with E-state index in [0.29, 0.717) is 0 Å². The molecule has 1 saturated carbocycles. The molecule has 0 heterocycles. The molecular weight excluding hydrogens is 288 g/mol. The fraction of sp³-hybridized carbons (Fsp3) is 0.316. The Bertz CT molecular complexity index is 671. The van der Waals surface area contributed by atoms with Crippen LogP contribution in [0.25, 0.3) is 0 Å². The van der Waals surface area contributed by atoms with E-state index in [1.807, 2.05) is 30.3 Å². The van der Waals surface area contributed by atoms with E-state index >= 15 is 0 Å². The summed E-state index contributed by atoms with van der Waals surface area (Å²) < 4.78 is 5.19. The zero-order valence-corrected chi connectivity index (χ0v) is 13.6. The van der Waals surface area contributed by atoms with Gasteiger partial charge >= 0.3 is 6.09 Å². The van der Waals surface area contributed by atoms with Gasteiger partial charge in [0, 0.05) is 0 Å². The molecule has 23 heavy (non-hydrogen) atoms. The number of anilines is 1. The van der Waals surface area contributed by atoms with Crippen molar-refractivity contribution in [1.82, 2.24) is 5.43 Å². The fourth-order valence-corrected chi connectivity index (χ4v) is 2.72. The van der Waals surface area contributed by atoms with Gasteiger partial charge in [-0.1, -0.05) is 42.5 Å². The van der Waals surface area contributed by atoms with Gasteiger partial charge in [0.1, 0.15) is 6.61 Å². The zero-order valence-electron chi connectivity index (χ0n) is 13.6. The summed E-state index contributed by atoms with van der Waals surface area (Å²) in [4.78, 5) is 11.8. The molecule has 3 rings (SSSR count). The monoisotopic (exact) mass is 310 g/mol. The number of hydrogen-bond donors (Lipinski definition) is 2. The third-order valence-corrected chi connectivity index (χ3v) is 4.11. The Morgan fingerprint density at radius 3 is 2.39 bits per heavy atom. The van der Waals surface area contributed by atoms with Gasteiger partial charge < -0.3 is 4.74 Å². The van der Waals surface area contributed by atoms with Crippen LogP contribution in [0.2, 0.25) is 0 Å². The van der Waals surface area contributed by atoms with Crippen molar-refractivity contribution in [3.05, 3.63) is 64.7 Å². The third kappa shape index (κ3) is 4.03. The van der Waals surface area contributed by atoms with Crippen molar-refractivity contribution in [2.24, 2.45) is 0 Å². The maximum atomic E-state index is 11.8. The largest absolute Gasteiger partial charge is 0.443 e. The molecule has 2 N–H and O–H groups in total. The molecule has 0 atom stereocenters. The number of aryl methyl sites for hydroxylation is 2. The Kier molecular flexibility index (Phi) is 4.51. The first-order chi connectivity index (χ1) is 11.1. The van der Waals surface area contributed by atoms with Crippen LogP contribution in [0.5, 0.6) is 0 Å². The van der Waals surface area contributed by atoms with Crippen molar-refractivity contribution in [3.8, 4) is 0 Å². The van der Waals surface area contributed by atoms with Gasteiger partial charge in [0.2, 0.25) is 0 Å². The average molecular weight is 310 g/mol. The predicted octanol–water partition coefficient (Wildman–Crippen LogP) is 4.43. The van der Waals surface area contributed by atoms with Gasteiger partial charge in [0.15, 0.2) is 0 Å². The number of ether oxygens (including phenoxy) is 1. The quantitative estimate of drug-likeness (QED) is 0.803. The molecule has 4 nitrogen and oxygen atoms in total. The molecular formula is C19H22N2O2. The number of hydrazine groups is 1. The Morgan fingerprint density at radius 2 is 1.78 bits per heavy atom. The first kappa shape index (κ1) is 15.4. The van der Waals surface area contributed by atoms with E-state index in [1.54, 1.807) is 0 Å². The lowest BCUT2D eigenvalue weighted by molar-refractivity contribution is 0.142. The molecule has 120 valence electrons. The van der Waals surface area contributed by atoms with E-state index in [2.05, 4.69) is 36.8 Å². The standard InChI is InChI=1S/C19H22N2O2/c1-13-10-17(16-8-9-16)11-14(2)18(13)20-21-19(22)23-12-15-6-4-3-5-7-15/h3-7,10-11,16,20H,8-9,12H2,1-2H3,(H,21,22). The molecule has 0 aromatic heterocycles. The summed E-state index contributed by atoms with van der Waals surface area (Å²) in [6, 6.07) is 14.0. The Balaban J connectivity index is 1.54. The van der Waals surface area contributed by atoms with Gasteiger partial charge in [-0.05, 0) is 54.9 Å². The molecule has 1 fully saturated rings. The normalized spacial score (nSPS) is 13.5. The average Bonchev–Trinajstić information content (AvgIpc) is 3.38. The zero-order chi connectivity index (χ0) is 16.2. The van der Waals surface area contributed by atoms with Crippen molar-refractivity contribution < 1.29 is 9.53 Å². The first-order valence-corrected chi connectivity index (χ1v) is 7.97. The van der Waals surface area contributed by atoms with E-state index in [0.717, 1.165) is 28.3 Å². The minimum atomic E-state index is -0.487. The molecule has 0 unspecified atom stereocenters. The van der Waals surface area contributed by atoms with Crippen LogP contribution in [-0.4, -0.2) is 6.09 Å². The Labute approximate surface area is 136 Å². The highest BCUT2D eigenvalue weighted by molar-refractivity contribution is 5.71. The smallest absolute Gasteiger partial charge is 0.426 e. The van der Waals surface area contributed by atoms with E-state index in [1.165, 1.54) is 18.4 Å². The summed E-state index contributed by atoms with van der Waals surface area (Å²) in [6.45, 7) is 4.36. The second-order valence-electron chi connectivity index (χ2n) is 6.12. The SMILES string of the molecule is Cc1cc(C2CC2)cc(C)c1NNC(=O)OCc1ccccc1. The first-order valence-electron chi connectivity index (χ1n) is 7.97. The highest BCUT2D eigenvalue weighted by atomic mass is 16.6. The van der Waals surface area contributed by atoms with Gasteiger partial charge in [0.25, 0.3) is 0 Å².